The van der Waals surface area contributed by atoms with Crippen LogP contribution in [0.1, 0.15) is 6.92 Å². The molecule has 0 unspecified atom stereocenters. The normalized spacial score (nSPS) is 19.5. The van der Waals surface area contributed by atoms with E-state index in [-0.39, 0.29) is 12.0 Å². The molecule has 1 aromatic rings. The SMILES string of the molecule is C[C@H](Cl)C(=O)NC[C@@H]1COc2ccccc2O1. The minimum absolute atomic E-state index is 0.177. The average Bonchev–Trinajstić information content (AvgIpc) is 2.35. The molecule has 0 aromatic heterocycles. The van der Waals surface area contributed by atoms with Gasteiger partial charge in [-0.1, -0.05) is 12.1 Å². The van der Waals surface area contributed by atoms with Gasteiger partial charge in [0.05, 0.1) is 6.54 Å². The number of hydrogen-bond acceptors (Lipinski definition) is 3. The van der Waals surface area contributed by atoms with Gasteiger partial charge in [-0.25, -0.2) is 0 Å². The summed E-state index contributed by atoms with van der Waals surface area (Å²) in [5.41, 5.74) is 0. The summed E-state index contributed by atoms with van der Waals surface area (Å²) in [6.07, 6.45) is -0.177. The Morgan fingerprint density at radius 3 is 2.94 bits per heavy atom. The van der Waals surface area contributed by atoms with E-state index in [1.807, 2.05) is 24.3 Å². The Kier molecular flexibility index (Phi) is 3.74. The Hall–Kier alpha value is -1.42. The summed E-state index contributed by atoms with van der Waals surface area (Å²) in [5, 5.41) is 2.17. The molecule has 1 N–H and O–H groups in total. The van der Waals surface area contributed by atoms with E-state index in [0.717, 1.165) is 5.75 Å². The maximum atomic E-state index is 11.3. The van der Waals surface area contributed by atoms with Crippen LogP contribution in [-0.2, 0) is 4.79 Å². The summed E-state index contributed by atoms with van der Waals surface area (Å²) >= 11 is 5.64. The lowest BCUT2D eigenvalue weighted by Gasteiger charge is -2.26. The summed E-state index contributed by atoms with van der Waals surface area (Å²) < 4.78 is 11.2. The molecule has 0 bridgehead atoms. The molecule has 2 atom stereocenters. The number of halogens is 1. The highest BCUT2D eigenvalue weighted by Gasteiger charge is 2.21. The van der Waals surface area contributed by atoms with Gasteiger partial charge in [0, 0.05) is 0 Å². The van der Waals surface area contributed by atoms with Crippen molar-refractivity contribution in [2.24, 2.45) is 0 Å². The Bertz CT molecular complexity index is 408. The van der Waals surface area contributed by atoms with Crippen molar-refractivity contribution in [3.05, 3.63) is 24.3 Å². The number of alkyl halides is 1. The molecule has 0 aliphatic carbocycles. The minimum Gasteiger partial charge on any atom is -0.486 e. The zero-order valence-electron chi connectivity index (χ0n) is 9.48. The van der Waals surface area contributed by atoms with Gasteiger partial charge in [0.1, 0.15) is 18.1 Å². The van der Waals surface area contributed by atoms with Gasteiger partial charge in [0.2, 0.25) is 5.91 Å². The van der Waals surface area contributed by atoms with Crippen molar-refractivity contribution in [2.45, 2.75) is 18.4 Å². The van der Waals surface area contributed by atoms with Gasteiger partial charge < -0.3 is 14.8 Å². The summed E-state index contributed by atoms with van der Waals surface area (Å²) in [4.78, 5) is 11.3. The molecule has 4 nitrogen and oxygen atoms in total. The molecule has 0 spiro atoms. The number of carbonyl (C=O) groups is 1. The number of nitrogens with one attached hydrogen (secondary N) is 1. The number of amides is 1. The molecule has 0 radical (unpaired) electrons. The van der Waals surface area contributed by atoms with Crippen molar-refractivity contribution in [1.29, 1.82) is 0 Å². The van der Waals surface area contributed by atoms with E-state index in [1.54, 1.807) is 6.92 Å². The third kappa shape index (κ3) is 3.03. The third-order valence-electron chi connectivity index (χ3n) is 2.43. The number of hydrogen-bond donors (Lipinski definition) is 1. The Balaban J connectivity index is 1.88. The Morgan fingerprint density at radius 1 is 1.53 bits per heavy atom. The van der Waals surface area contributed by atoms with E-state index in [1.165, 1.54) is 0 Å². The largest absolute Gasteiger partial charge is 0.486 e. The maximum Gasteiger partial charge on any atom is 0.237 e. The highest BCUT2D eigenvalue weighted by atomic mass is 35.5. The summed E-state index contributed by atoms with van der Waals surface area (Å²) in [7, 11) is 0. The smallest absolute Gasteiger partial charge is 0.237 e. The van der Waals surface area contributed by atoms with Crippen molar-refractivity contribution in [3.8, 4) is 11.5 Å². The van der Waals surface area contributed by atoms with E-state index in [2.05, 4.69) is 5.32 Å². The van der Waals surface area contributed by atoms with Crippen LogP contribution in [0.3, 0.4) is 0 Å². The Labute approximate surface area is 105 Å². The summed E-state index contributed by atoms with van der Waals surface area (Å²) in [6.45, 7) is 2.45. The lowest BCUT2D eigenvalue weighted by Crippen LogP contribution is -2.42. The molecule has 92 valence electrons. The number of carbonyl (C=O) groups excluding carboxylic acids is 1. The van der Waals surface area contributed by atoms with E-state index >= 15 is 0 Å². The van der Waals surface area contributed by atoms with Crippen LogP contribution in [0, 0.1) is 0 Å². The van der Waals surface area contributed by atoms with Gasteiger partial charge in [-0.15, -0.1) is 11.6 Å². The fourth-order valence-corrected chi connectivity index (χ4v) is 1.60. The molecule has 1 aliphatic heterocycles. The molecular weight excluding hydrogens is 242 g/mol. The van der Waals surface area contributed by atoms with Gasteiger partial charge in [0.25, 0.3) is 0 Å². The van der Waals surface area contributed by atoms with Gasteiger partial charge >= 0.3 is 0 Å². The first-order chi connectivity index (χ1) is 8.16. The van der Waals surface area contributed by atoms with Crippen LogP contribution in [0.15, 0.2) is 24.3 Å². The van der Waals surface area contributed by atoms with Crippen molar-refractivity contribution < 1.29 is 14.3 Å². The predicted molar refractivity (Wildman–Crippen MR) is 64.7 cm³/mol. The lowest BCUT2D eigenvalue weighted by atomic mass is 10.2. The van der Waals surface area contributed by atoms with Crippen molar-refractivity contribution in [2.75, 3.05) is 13.2 Å². The van der Waals surface area contributed by atoms with E-state index in [0.29, 0.717) is 18.9 Å². The van der Waals surface area contributed by atoms with Gasteiger partial charge in [-0.3, -0.25) is 4.79 Å². The topological polar surface area (TPSA) is 47.6 Å². The molecule has 0 saturated carbocycles. The first-order valence-corrected chi connectivity index (χ1v) is 5.90. The predicted octanol–water partition coefficient (Wildman–Crippen LogP) is 1.57. The Morgan fingerprint density at radius 2 is 2.24 bits per heavy atom. The molecule has 17 heavy (non-hydrogen) atoms. The van der Waals surface area contributed by atoms with E-state index < -0.39 is 5.38 Å². The molecule has 1 aliphatic rings. The second-order valence-electron chi connectivity index (χ2n) is 3.86. The molecule has 1 aromatic carbocycles. The molecule has 1 heterocycles. The van der Waals surface area contributed by atoms with Crippen LogP contribution in [0.2, 0.25) is 0 Å². The molecule has 1 amide bonds. The van der Waals surface area contributed by atoms with Crippen LogP contribution in [0.25, 0.3) is 0 Å². The number of benzene rings is 1. The number of rotatable bonds is 3. The first-order valence-electron chi connectivity index (χ1n) is 5.47. The maximum absolute atomic E-state index is 11.3. The quantitative estimate of drug-likeness (QED) is 0.834. The molecule has 0 fully saturated rings. The minimum atomic E-state index is -0.535. The fourth-order valence-electron chi connectivity index (χ4n) is 1.52. The summed E-state index contributed by atoms with van der Waals surface area (Å²) in [6, 6.07) is 7.46. The molecule has 2 rings (SSSR count). The number of para-hydroxylation sites is 2. The van der Waals surface area contributed by atoms with Crippen molar-refractivity contribution in [1.82, 2.24) is 5.32 Å². The average molecular weight is 256 g/mol. The first kappa shape index (κ1) is 12.0. The van der Waals surface area contributed by atoms with Crippen molar-refractivity contribution >= 4 is 17.5 Å². The van der Waals surface area contributed by atoms with Crippen molar-refractivity contribution in [3.63, 3.8) is 0 Å². The van der Waals surface area contributed by atoms with Crippen LogP contribution in [0.4, 0.5) is 0 Å². The summed E-state index contributed by atoms with van der Waals surface area (Å²) in [5.74, 6) is 1.24. The van der Waals surface area contributed by atoms with E-state index in [9.17, 15) is 4.79 Å². The number of fused-ring (bicyclic) bond motifs is 1. The van der Waals surface area contributed by atoms with Gasteiger partial charge in [0.15, 0.2) is 11.5 Å². The standard InChI is InChI=1S/C12H14ClNO3/c1-8(13)12(15)14-6-9-7-16-10-4-2-3-5-11(10)17-9/h2-5,8-9H,6-7H2,1H3,(H,14,15)/t8-,9+/m0/s1. The zero-order valence-corrected chi connectivity index (χ0v) is 10.2. The second-order valence-corrected chi connectivity index (χ2v) is 4.51. The highest BCUT2D eigenvalue weighted by Crippen LogP contribution is 2.30. The fraction of sp³-hybridized carbons (Fsp3) is 0.417. The van der Waals surface area contributed by atoms with Crippen LogP contribution < -0.4 is 14.8 Å². The van der Waals surface area contributed by atoms with Gasteiger partial charge in [-0.05, 0) is 19.1 Å². The van der Waals surface area contributed by atoms with E-state index in [4.69, 9.17) is 21.1 Å². The van der Waals surface area contributed by atoms with Gasteiger partial charge in [-0.2, -0.15) is 0 Å². The third-order valence-corrected chi connectivity index (χ3v) is 2.63. The van der Waals surface area contributed by atoms with Crippen LogP contribution >= 0.6 is 11.6 Å². The highest BCUT2D eigenvalue weighted by molar-refractivity contribution is 6.30. The number of ether oxygens (including phenoxy) is 2. The van der Waals surface area contributed by atoms with Crippen LogP contribution in [0.5, 0.6) is 11.5 Å². The van der Waals surface area contributed by atoms with Crippen LogP contribution in [-0.4, -0.2) is 30.5 Å². The second kappa shape index (κ2) is 5.27. The molecule has 0 saturated heterocycles. The monoisotopic (exact) mass is 255 g/mol. The molecule has 5 heteroatoms. The molecular formula is C12H14ClNO3. The zero-order chi connectivity index (χ0) is 12.3. The lowest BCUT2D eigenvalue weighted by molar-refractivity contribution is -0.120.